The maximum Gasteiger partial charge on any atom is 0.214 e. The van der Waals surface area contributed by atoms with Crippen LogP contribution in [0.1, 0.15) is 30.1 Å². The summed E-state index contributed by atoms with van der Waals surface area (Å²) in [4.78, 5) is 0. The summed E-state index contributed by atoms with van der Waals surface area (Å²) >= 11 is 0. The van der Waals surface area contributed by atoms with Crippen molar-refractivity contribution in [2.75, 3.05) is 26.0 Å². The molecular weight excluding hydrogens is 365 g/mol. The summed E-state index contributed by atoms with van der Waals surface area (Å²) in [7, 11) is -1.69. The van der Waals surface area contributed by atoms with Crippen LogP contribution in [0, 0.1) is 11.7 Å². The monoisotopic (exact) mass is 391 g/mol. The molecule has 0 aliphatic carbocycles. The Kier molecular flexibility index (Phi) is 6.63. The standard InChI is InChI=1S/C21H26FNO3S/c1-26-21(18-8-3-2-4-9-18)19-11-14-23(15-12-19)27(24,25)16-13-17-7-5-6-10-20(17)22/h2-10,19,21H,11-16H2,1H3. The second-order valence-electron chi connectivity index (χ2n) is 6.96. The van der Waals surface area contributed by atoms with Gasteiger partial charge in [-0.05, 0) is 42.4 Å². The molecule has 0 spiro atoms. The molecule has 1 saturated heterocycles. The number of benzene rings is 2. The molecule has 0 aromatic heterocycles. The fourth-order valence-electron chi connectivity index (χ4n) is 3.77. The Morgan fingerprint density at radius 1 is 1.07 bits per heavy atom. The van der Waals surface area contributed by atoms with Gasteiger partial charge in [-0.2, -0.15) is 0 Å². The molecule has 4 nitrogen and oxygen atoms in total. The van der Waals surface area contributed by atoms with Crippen LogP contribution in [0.3, 0.4) is 0 Å². The minimum Gasteiger partial charge on any atom is -0.376 e. The van der Waals surface area contributed by atoms with Crippen molar-refractivity contribution in [3.8, 4) is 0 Å². The van der Waals surface area contributed by atoms with Gasteiger partial charge in [-0.25, -0.2) is 17.1 Å². The van der Waals surface area contributed by atoms with E-state index in [1.54, 1.807) is 29.6 Å². The van der Waals surface area contributed by atoms with Crippen molar-refractivity contribution in [1.29, 1.82) is 0 Å². The first kappa shape index (κ1) is 20.0. The van der Waals surface area contributed by atoms with Gasteiger partial charge in [0, 0.05) is 20.2 Å². The van der Waals surface area contributed by atoms with Gasteiger partial charge in [-0.3, -0.25) is 0 Å². The van der Waals surface area contributed by atoms with E-state index < -0.39 is 10.0 Å². The number of halogens is 1. The summed E-state index contributed by atoms with van der Waals surface area (Å²) in [5.74, 6) is -0.127. The van der Waals surface area contributed by atoms with Gasteiger partial charge >= 0.3 is 0 Å². The number of hydrogen-bond donors (Lipinski definition) is 0. The maximum absolute atomic E-state index is 13.7. The quantitative estimate of drug-likeness (QED) is 0.721. The van der Waals surface area contributed by atoms with E-state index in [1.807, 2.05) is 30.3 Å². The predicted molar refractivity (Wildman–Crippen MR) is 104 cm³/mol. The van der Waals surface area contributed by atoms with Crippen molar-refractivity contribution < 1.29 is 17.5 Å². The largest absolute Gasteiger partial charge is 0.376 e. The Balaban J connectivity index is 1.58. The number of piperidine rings is 1. The van der Waals surface area contributed by atoms with Crippen molar-refractivity contribution >= 4 is 10.0 Å². The van der Waals surface area contributed by atoms with E-state index in [-0.39, 0.29) is 30.0 Å². The Hall–Kier alpha value is -1.76. The molecular formula is C21H26FNO3S. The van der Waals surface area contributed by atoms with Crippen LogP contribution in [0.5, 0.6) is 0 Å². The Morgan fingerprint density at radius 2 is 1.70 bits per heavy atom. The summed E-state index contributed by atoms with van der Waals surface area (Å²) in [5, 5.41) is 0. The molecule has 2 aromatic carbocycles. The molecule has 0 amide bonds. The zero-order valence-electron chi connectivity index (χ0n) is 15.6. The summed E-state index contributed by atoms with van der Waals surface area (Å²) in [6.07, 6.45) is 1.69. The lowest BCUT2D eigenvalue weighted by Gasteiger charge is -2.35. The highest BCUT2D eigenvalue weighted by Crippen LogP contribution is 2.34. The molecule has 6 heteroatoms. The van der Waals surface area contributed by atoms with E-state index in [0.29, 0.717) is 18.7 Å². The average Bonchev–Trinajstić information content (AvgIpc) is 2.69. The normalized spacial score (nSPS) is 17.7. The van der Waals surface area contributed by atoms with Crippen molar-refractivity contribution in [3.05, 3.63) is 71.5 Å². The number of methoxy groups -OCH3 is 1. The van der Waals surface area contributed by atoms with Crippen molar-refractivity contribution in [3.63, 3.8) is 0 Å². The molecule has 27 heavy (non-hydrogen) atoms. The number of aryl methyl sites for hydroxylation is 1. The highest BCUT2D eigenvalue weighted by molar-refractivity contribution is 7.89. The number of ether oxygens (including phenoxy) is 1. The van der Waals surface area contributed by atoms with Crippen molar-refractivity contribution in [1.82, 2.24) is 4.31 Å². The van der Waals surface area contributed by atoms with E-state index in [2.05, 4.69) is 0 Å². The molecule has 1 unspecified atom stereocenters. The fourth-order valence-corrected chi connectivity index (χ4v) is 5.27. The summed E-state index contributed by atoms with van der Waals surface area (Å²) in [5.41, 5.74) is 1.57. The van der Waals surface area contributed by atoms with Gasteiger partial charge in [-0.15, -0.1) is 0 Å². The van der Waals surface area contributed by atoms with Crippen LogP contribution in [0.15, 0.2) is 54.6 Å². The van der Waals surface area contributed by atoms with Gasteiger partial charge < -0.3 is 4.74 Å². The molecule has 1 heterocycles. The second kappa shape index (κ2) is 8.95. The molecule has 0 bridgehead atoms. The molecule has 1 fully saturated rings. The zero-order valence-corrected chi connectivity index (χ0v) is 16.4. The molecule has 0 radical (unpaired) electrons. The SMILES string of the molecule is COC(c1ccccc1)C1CCN(S(=O)(=O)CCc2ccccc2F)CC1. The number of sulfonamides is 1. The first-order valence-corrected chi connectivity index (χ1v) is 10.9. The highest BCUT2D eigenvalue weighted by atomic mass is 32.2. The van der Waals surface area contributed by atoms with Gasteiger partial charge in [0.05, 0.1) is 11.9 Å². The van der Waals surface area contributed by atoms with Crippen molar-refractivity contribution in [2.45, 2.75) is 25.4 Å². The van der Waals surface area contributed by atoms with E-state index in [1.165, 1.54) is 6.07 Å². The number of nitrogens with zero attached hydrogens (tertiary/aromatic N) is 1. The molecule has 0 N–H and O–H groups in total. The molecule has 2 aromatic rings. The van der Waals surface area contributed by atoms with Crippen LogP contribution in [0.25, 0.3) is 0 Å². The minimum atomic E-state index is -3.39. The van der Waals surface area contributed by atoms with Crippen LogP contribution >= 0.6 is 0 Å². The lowest BCUT2D eigenvalue weighted by molar-refractivity contribution is 0.0303. The van der Waals surface area contributed by atoms with Crippen LogP contribution in [-0.4, -0.2) is 38.7 Å². The van der Waals surface area contributed by atoms with Gasteiger partial charge in [0.2, 0.25) is 10.0 Å². The average molecular weight is 392 g/mol. The fraction of sp³-hybridized carbons (Fsp3) is 0.429. The lowest BCUT2D eigenvalue weighted by Crippen LogP contribution is -2.41. The van der Waals surface area contributed by atoms with Crippen LogP contribution in [0.2, 0.25) is 0 Å². The smallest absolute Gasteiger partial charge is 0.214 e. The Morgan fingerprint density at radius 3 is 2.33 bits per heavy atom. The second-order valence-corrected chi connectivity index (χ2v) is 9.05. The third-order valence-corrected chi connectivity index (χ3v) is 7.16. The number of hydrogen-bond acceptors (Lipinski definition) is 3. The third-order valence-electron chi connectivity index (χ3n) is 5.29. The van der Waals surface area contributed by atoms with Gasteiger partial charge in [0.15, 0.2) is 0 Å². The first-order valence-electron chi connectivity index (χ1n) is 9.30. The van der Waals surface area contributed by atoms with E-state index in [9.17, 15) is 12.8 Å². The van der Waals surface area contributed by atoms with Crippen LogP contribution in [0.4, 0.5) is 4.39 Å². The Bertz CT molecular complexity index is 834. The molecule has 3 rings (SSSR count). The van der Waals surface area contributed by atoms with E-state index >= 15 is 0 Å². The highest BCUT2D eigenvalue weighted by Gasteiger charge is 2.32. The van der Waals surface area contributed by atoms with E-state index in [0.717, 1.165) is 18.4 Å². The summed E-state index contributed by atoms with van der Waals surface area (Å²) in [6, 6.07) is 16.4. The van der Waals surface area contributed by atoms with Gasteiger partial charge in [0.25, 0.3) is 0 Å². The van der Waals surface area contributed by atoms with Crippen molar-refractivity contribution in [2.24, 2.45) is 5.92 Å². The first-order chi connectivity index (χ1) is 13.0. The summed E-state index contributed by atoms with van der Waals surface area (Å²) in [6.45, 7) is 0.966. The lowest BCUT2D eigenvalue weighted by atomic mass is 9.88. The van der Waals surface area contributed by atoms with Crippen LogP contribution < -0.4 is 0 Å². The van der Waals surface area contributed by atoms with Gasteiger partial charge in [-0.1, -0.05) is 48.5 Å². The molecule has 1 atom stereocenters. The predicted octanol–water partition coefficient (Wildman–Crippen LogP) is 3.80. The third kappa shape index (κ3) is 4.94. The molecule has 146 valence electrons. The maximum atomic E-state index is 13.7. The van der Waals surface area contributed by atoms with Crippen LogP contribution in [-0.2, 0) is 21.2 Å². The van der Waals surface area contributed by atoms with E-state index in [4.69, 9.17) is 4.74 Å². The molecule has 1 aliphatic heterocycles. The number of rotatable bonds is 7. The molecule has 1 aliphatic rings. The van der Waals surface area contributed by atoms with Gasteiger partial charge in [0.1, 0.15) is 5.82 Å². The minimum absolute atomic E-state index is 0.0190. The summed E-state index contributed by atoms with van der Waals surface area (Å²) < 4.78 is 46.3. The zero-order chi connectivity index (χ0) is 19.3. The molecule has 0 saturated carbocycles. The Labute approximate surface area is 161 Å². The topological polar surface area (TPSA) is 46.6 Å².